The number of fused-ring (bicyclic) bond motifs is 1. The fourth-order valence-corrected chi connectivity index (χ4v) is 4.66. The van der Waals surface area contributed by atoms with Gasteiger partial charge in [0, 0.05) is 42.8 Å². The molecule has 8 heteroatoms. The molecule has 0 radical (unpaired) electrons. The Hall–Kier alpha value is -2.87. The molecule has 1 saturated heterocycles. The molecule has 1 fully saturated rings. The van der Waals surface area contributed by atoms with Crippen LogP contribution in [0.2, 0.25) is 0 Å². The van der Waals surface area contributed by atoms with E-state index in [1.54, 1.807) is 29.4 Å². The number of nitrogens with one attached hydrogen (secondary N) is 2. The molecule has 1 atom stereocenters. The molecule has 0 bridgehead atoms. The normalized spacial score (nSPS) is 19.2. The molecule has 1 aromatic carbocycles. The number of carbonyl (C=O) groups excluding carboxylic acids is 3. The Kier molecular flexibility index (Phi) is 5.80. The number of rotatable bonds is 4. The maximum Gasteiger partial charge on any atom is 0.253 e. The van der Waals surface area contributed by atoms with Gasteiger partial charge >= 0.3 is 0 Å². The highest BCUT2D eigenvalue weighted by Gasteiger charge is 2.32. The third kappa shape index (κ3) is 4.59. The van der Waals surface area contributed by atoms with Gasteiger partial charge in [0.05, 0.1) is 16.5 Å². The van der Waals surface area contributed by atoms with Crippen molar-refractivity contribution >= 4 is 35.2 Å². The lowest BCUT2D eigenvalue weighted by atomic mass is 10.0. The lowest BCUT2D eigenvalue weighted by molar-refractivity contribution is -0.133. The fourth-order valence-electron chi connectivity index (χ4n) is 3.55. The van der Waals surface area contributed by atoms with Crippen LogP contribution in [-0.2, 0) is 9.59 Å². The number of amides is 3. The molecule has 0 spiro atoms. The standard InChI is InChI=1S/C21H22N4O3S/c26-19(12-18-21(28)24-16-5-1-2-6-17(16)29-18)25-10-7-15(8-11-25)23-20(27)14-4-3-9-22-13-14/h1-6,9,13,15,18H,7-8,10-12H2,(H,23,27)(H,24,28). The smallest absolute Gasteiger partial charge is 0.253 e. The van der Waals surface area contributed by atoms with Crippen LogP contribution in [0.25, 0.3) is 0 Å². The molecular formula is C21H22N4O3S. The monoisotopic (exact) mass is 410 g/mol. The Morgan fingerprint density at radius 1 is 1.17 bits per heavy atom. The molecule has 1 aromatic heterocycles. The molecule has 0 aliphatic carbocycles. The van der Waals surface area contributed by atoms with Crippen LogP contribution in [0.1, 0.15) is 29.6 Å². The zero-order valence-corrected chi connectivity index (χ0v) is 16.7. The highest BCUT2D eigenvalue weighted by Crippen LogP contribution is 2.36. The van der Waals surface area contributed by atoms with Gasteiger partial charge < -0.3 is 15.5 Å². The zero-order valence-electron chi connectivity index (χ0n) is 15.8. The first-order valence-corrected chi connectivity index (χ1v) is 10.5. The first-order chi connectivity index (χ1) is 14.1. The van der Waals surface area contributed by atoms with E-state index in [2.05, 4.69) is 15.6 Å². The number of pyridine rings is 1. The average molecular weight is 410 g/mol. The van der Waals surface area contributed by atoms with Crippen molar-refractivity contribution in [1.29, 1.82) is 0 Å². The fraction of sp³-hybridized carbons (Fsp3) is 0.333. The number of piperidine rings is 1. The number of carbonyl (C=O) groups is 3. The maximum absolute atomic E-state index is 12.7. The molecule has 2 aliphatic rings. The average Bonchev–Trinajstić information content (AvgIpc) is 2.75. The van der Waals surface area contributed by atoms with Crippen LogP contribution in [0.5, 0.6) is 0 Å². The van der Waals surface area contributed by atoms with E-state index >= 15 is 0 Å². The summed E-state index contributed by atoms with van der Waals surface area (Å²) in [5.74, 6) is -0.286. The van der Waals surface area contributed by atoms with E-state index in [4.69, 9.17) is 0 Å². The molecule has 4 rings (SSSR count). The van der Waals surface area contributed by atoms with Crippen LogP contribution in [0.4, 0.5) is 5.69 Å². The van der Waals surface area contributed by atoms with Crippen molar-refractivity contribution in [1.82, 2.24) is 15.2 Å². The number of hydrogen-bond donors (Lipinski definition) is 2. The molecular weight excluding hydrogens is 388 g/mol. The Morgan fingerprint density at radius 2 is 1.97 bits per heavy atom. The Bertz CT molecular complexity index is 913. The zero-order chi connectivity index (χ0) is 20.2. The van der Waals surface area contributed by atoms with Crippen LogP contribution >= 0.6 is 11.8 Å². The van der Waals surface area contributed by atoms with E-state index in [1.807, 2.05) is 24.3 Å². The summed E-state index contributed by atoms with van der Waals surface area (Å²) < 4.78 is 0. The molecule has 150 valence electrons. The highest BCUT2D eigenvalue weighted by atomic mass is 32.2. The minimum absolute atomic E-state index is 0.0194. The number of nitrogens with zero attached hydrogens (tertiary/aromatic N) is 2. The topological polar surface area (TPSA) is 91.4 Å². The van der Waals surface area contributed by atoms with Gasteiger partial charge in [-0.25, -0.2) is 0 Å². The van der Waals surface area contributed by atoms with Gasteiger partial charge in [0.2, 0.25) is 11.8 Å². The van der Waals surface area contributed by atoms with Crippen molar-refractivity contribution in [3.8, 4) is 0 Å². The van der Waals surface area contributed by atoms with Crippen molar-refractivity contribution in [3.63, 3.8) is 0 Å². The van der Waals surface area contributed by atoms with Crippen molar-refractivity contribution in [2.24, 2.45) is 0 Å². The summed E-state index contributed by atoms with van der Waals surface area (Å²) >= 11 is 1.44. The lowest BCUT2D eigenvalue weighted by Gasteiger charge is -2.33. The Morgan fingerprint density at radius 3 is 2.72 bits per heavy atom. The third-order valence-electron chi connectivity index (χ3n) is 5.17. The number of aromatic nitrogens is 1. The molecule has 2 aliphatic heterocycles. The third-order valence-corrected chi connectivity index (χ3v) is 6.45. The first-order valence-electron chi connectivity index (χ1n) is 9.65. The second-order valence-electron chi connectivity index (χ2n) is 7.17. The predicted octanol–water partition coefficient (Wildman–Crippen LogP) is 2.31. The molecule has 3 amide bonds. The lowest BCUT2D eigenvalue weighted by Crippen LogP contribution is -2.47. The van der Waals surface area contributed by atoms with E-state index in [9.17, 15) is 14.4 Å². The second kappa shape index (κ2) is 8.65. The minimum Gasteiger partial charge on any atom is -0.349 e. The first kappa shape index (κ1) is 19.4. The molecule has 3 heterocycles. The van der Waals surface area contributed by atoms with E-state index in [0.29, 0.717) is 31.5 Å². The number of hydrogen-bond acceptors (Lipinski definition) is 5. The van der Waals surface area contributed by atoms with Gasteiger partial charge in [-0.1, -0.05) is 12.1 Å². The maximum atomic E-state index is 12.7. The number of likely N-dealkylation sites (tertiary alicyclic amines) is 1. The van der Waals surface area contributed by atoms with Gasteiger partial charge in [-0.2, -0.15) is 0 Å². The van der Waals surface area contributed by atoms with Gasteiger partial charge in [0.25, 0.3) is 5.91 Å². The van der Waals surface area contributed by atoms with Crippen molar-refractivity contribution < 1.29 is 14.4 Å². The number of anilines is 1. The van der Waals surface area contributed by atoms with Crippen molar-refractivity contribution in [2.75, 3.05) is 18.4 Å². The summed E-state index contributed by atoms with van der Waals surface area (Å²) in [5, 5.41) is 5.47. The molecule has 7 nitrogen and oxygen atoms in total. The molecule has 0 saturated carbocycles. The SMILES string of the molecule is O=C(NC1CCN(C(=O)CC2Sc3ccccc3NC2=O)CC1)c1cccnc1. The largest absolute Gasteiger partial charge is 0.349 e. The number of thioether (sulfide) groups is 1. The van der Waals surface area contributed by atoms with Crippen molar-refractivity contribution in [3.05, 3.63) is 54.4 Å². The van der Waals surface area contributed by atoms with Crippen LogP contribution in [-0.4, -0.2) is 52.0 Å². The van der Waals surface area contributed by atoms with Crippen LogP contribution in [0, 0.1) is 0 Å². The predicted molar refractivity (Wildman–Crippen MR) is 111 cm³/mol. The summed E-state index contributed by atoms with van der Waals surface area (Å²) in [6, 6.07) is 11.1. The van der Waals surface area contributed by atoms with Gasteiger partial charge in [0.15, 0.2) is 0 Å². The summed E-state index contributed by atoms with van der Waals surface area (Å²) in [5.41, 5.74) is 1.34. The number of benzene rings is 1. The van der Waals surface area contributed by atoms with E-state index < -0.39 is 5.25 Å². The molecule has 1 unspecified atom stereocenters. The van der Waals surface area contributed by atoms with Gasteiger partial charge in [-0.3, -0.25) is 19.4 Å². The van der Waals surface area contributed by atoms with Crippen LogP contribution < -0.4 is 10.6 Å². The van der Waals surface area contributed by atoms with E-state index in [1.165, 1.54) is 11.8 Å². The quantitative estimate of drug-likeness (QED) is 0.807. The van der Waals surface area contributed by atoms with E-state index in [-0.39, 0.29) is 30.2 Å². The Balaban J connectivity index is 1.27. The summed E-state index contributed by atoms with van der Waals surface area (Å²) in [7, 11) is 0. The van der Waals surface area contributed by atoms with Gasteiger partial charge in [-0.05, 0) is 37.1 Å². The summed E-state index contributed by atoms with van der Waals surface area (Å²) in [4.78, 5) is 44.0. The second-order valence-corrected chi connectivity index (χ2v) is 8.41. The number of para-hydroxylation sites is 1. The summed E-state index contributed by atoms with van der Waals surface area (Å²) in [6.07, 6.45) is 4.75. The molecule has 2 N–H and O–H groups in total. The van der Waals surface area contributed by atoms with Gasteiger partial charge in [0.1, 0.15) is 0 Å². The summed E-state index contributed by atoms with van der Waals surface area (Å²) in [6.45, 7) is 1.15. The minimum atomic E-state index is -0.416. The Labute approximate surface area is 173 Å². The van der Waals surface area contributed by atoms with Gasteiger partial charge in [-0.15, -0.1) is 11.8 Å². The van der Waals surface area contributed by atoms with Crippen LogP contribution in [0.15, 0.2) is 53.7 Å². The molecule has 29 heavy (non-hydrogen) atoms. The van der Waals surface area contributed by atoms with Crippen molar-refractivity contribution in [2.45, 2.75) is 35.4 Å². The molecule has 2 aromatic rings. The highest BCUT2D eigenvalue weighted by molar-refractivity contribution is 8.01. The van der Waals surface area contributed by atoms with E-state index in [0.717, 1.165) is 10.6 Å². The van der Waals surface area contributed by atoms with Crippen LogP contribution in [0.3, 0.4) is 0 Å².